The Hall–Kier alpha value is 0.440. The normalized spacial score (nSPS) is 51.0. The van der Waals surface area contributed by atoms with Gasteiger partial charge in [0.2, 0.25) is 0 Å². The fourth-order valence-corrected chi connectivity index (χ4v) is 9.39. The first-order valence-corrected chi connectivity index (χ1v) is 13.3. The van der Waals surface area contributed by atoms with Crippen molar-refractivity contribution in [3.8, 4) is 0 Å². The summed E-state index contributed by atoms with van der Waals surface area (Å²) in [7, 11) is 0. The molecule has 4 aliphatic carbocycles. The maximum absolute atomic E-state index is 11.1. The van der Waals surface area contributed by atoms with Crippen molar-refractivity contribution in [3.63, 3.8) is 0 Å². The Morgan fingerprint density at radius 2 is 1.78 bits per heavy atom. The molecule has 0 aliphatic heterocycles. The van der Waals surface area contributed by atoms with Crippen LogP contribution in [0.25, 0.3) is 0 Å². The molecule has 2 heteroatoms. The fraction of sp³-hybridized carbons (Fsp3) is 1.00. The molecule has 0 aromatic carbocycles. The summed E-state index contributed by atoms with van der Waals surface area (Å²) >= 11 is 3.81. The van der Waals surface area contributed by atoms with Crippen molar-refractivity contribution in [3.05, 3.63) is 0 Å². The summed E-state index contributed by atoms with van der Waals surface area (Å²) in [4.78, 5) is 0. The second kappa shape index (κ2) is 7.93. The van der Waals surface area contributed by atoms with Crippen LogP contribution in [0.1, 0.15) is 97.8 Å². The van der Waals surface area contributed by atoms with E-state index in [0.29, 0.717) is 5.41 Å². The molecule has 9 atom stereocenters. The highest BCUT2D eigenvalue weighted by molar-refractivity contribution is 9.09. The van der Waals surface area contributed by atoms with Gasteiger partial charge in [-0.15, -0.1) is 0 Å². The Morgan fingerprint density at radius 1 is 1.00 bits per heavy atom. The van der Waals surface area contributed by atoms with E-state index < -0.39 is 0 Å². The Balaban J connectivity index is 1.51. The molecule has 1 nitrogen and oxygen atoms in total. The van der Waals surface area contributed by atoms with Gasteiger partial charge in [0.25, 0.3) is 0 Å². The van der Waals surface area contributed by atoms with Crippen LogP contribution in [0.3, 0.4) is 0 Å². The molecule has 0 radical (unpaired) electrons. The topological polar surface area (TPSA) is 20.2 Å². The maximum atomic E-state index is 11.1. The van der Waals surface area contributed by atoms with Gasteiger partial charge in [-0.2, -0.15) is 0 Å². The van der Waals surface area contributed by atoms with Crippen LogP contribution in [0.4, 0.5) is 0 Å². The third kappa shape index (κ3) is 3.58. The first-order valence-electron chi connectivity index (χ1n) is 12.2. The molecule has 0 spiro atoms. The average molecular weight is 440 g/mol. The van der Waals surface area contributed by atoms with Crippen molar-refractivity contribution in [1.29, 1.82) is 0 Å². The van der Waals surface area contributed by atoms with Gasteiger partial charge in [-0.3, -0.25) is 0 Å². The summed E-state index contributed by atoms with van der Waals surface area (Å²) in [5, 5.41) is 12.2. The third-order valence-electron chi connectivity index (χ3n) is 10.1. The number of hydrogen-bond acceptors (Lipinski definition) is 1. The van der Waals surface area contributed by atoms with Crippen molar-refractivity contribution in [2.45, 2.75) is 103 Å². The summed E-state index contributed by atoms with van der Waals surface area (Å²) in [5.74, 6) is 6.45. The minimum atomic E-state index is -0.326. The number of rotatable bonds is 4. The Kier molecular flexibility index (Phi) is 6.08. The number of halogens is 1. The monoisotopic (exact) mass is 438 g/mol. The molecule has 4 rings (SSSR count). The second-order valence-corrected chi connectivity index (χ2v) is 12.0. The van der Waals surface area contributed by atoms with E-state index in [2.05, 4.69) is 36.7 Å². The van der Waals surface area contributed by atoms with Crippen LogP contribution in [0, 0.1) is 46.8 Å². The average Bonchev–Trinajstić information content (AvgIpc) is 2.65. The lowest BCUT2D eigenvalue weighted by Gasteiger charge is -2.62. The van der Waals surface area contributed by atoms with E-state index in [0.717, 1.165) is 67.1 Å². The lowest BCUT2D eigenvalue weighted by Crippen LogP contribution is -2.54. The van der Waals surface area contributed by atoms with Crippen LogP contribution in [0.5, 0.6) is 0 Å². The molecular formula is C25H43BrO. The first-order chi connectivity index (χ1) is 12.9. The number of alkyl halides is 1. The van der Waals surface area contributed by atoms with Gasteiger partial charge >= 0.3 is 0 Å². The van der Waals surface area contributed by atoms with Crippen molar-refractivity contribution >= 4 is 15.9 Å². The van der Waals surface area contributed by atoms with Gasteiger partial charge in [-0.05, 0) is 111 Å². The van der Waals surface area contributed by atoms with Crippen LogP contribution in [-0.2, 0) is 0 Å². The molecule has 1 N–H and O–H groups in total. The quantitative estimate of drug-likeness (QED) is 0.459. The molecule has 0 aromatic rings. The summed E-state index contributed by atoms with van der Waals surface area (Å²) < 4.78 is 0. The highest BCUT2D eigenvalue weighted by Crippen LogP contribution is 2.64. The molecular weight excluding hydrogens is 396 g/mol. The van der Waals surface area contributed by atoms with Gasteiger partial charge in [-0.1, -0.05) is 49.5 Å². The largest absolute Gasteiger partial charge is 0.390 e. The van der Waals surface area contributed by atoms with Crippen LogP contribution in [0.2, 0.25) is 0 Å². The van der Waals surface area contributed by atoms with Crippen molar-refractivity contribution in [1.82, 2.24) is 0 Å². The van der Waals surface area contributed by atoms with Gasteiger partial charge < -0.3 is 5.11 Å². The van der Waals surface area contributed by atoms with Crippen LogP contribution < -0.4 is 0 Å². The van der Waals surface area contributed by atoms with Gasteiger partial charge in [0.05, 0.1) is 5.60 Å². The molecule has 0 bridgehead atoms. The first kappa shape index (κ1) is 20.7. The molecule has 0 amide bonds. The van der Waals surface area contributed by atoms with E-state index in [1.54, 1.807) is 0 Å². The molecule has 156 valence electrons. The van der Waals surface area contributed by atoms with Crippen LogP contribution in [-0.4, -0.2) is 16.0 Å². The molecule has 0 heterocycles. The van der Waals surface area contributed by atoms with E-state index in [1.165, 1.54) is 56.7 Å². The minimum Gasteiger partial charge on any atom is -0.390 e. The Labute approximate surface area is 176 Å². The highest BCUT2D eigenvalue weighted by atomic mass is 79.9. The van der Waals surface area contributed by atoms with E-state index in [9.17, 15) is 5.11 Å². The predicted molar refractivity (Wildman–Crippen MR) is 118 cm³/mol. The maximum Gasteiger partial charge on any atom is 0.0650 e. The lowest BCUT2D eigenvalue weighted by molar-refractivity contribution is -0.136. The molecule has 27 heavy (non-hydrogen) atoms. The summed E-state index contributed by atoms with van der Waals surface area (Å²) in [6.45, 7) is 7.41. The summed E-state index contributed by atoms with van der Waals surface area (Å²) in [6, 6.07) is 0. The summed E-state index contributed by atoms with van der Waals surface area (Å²) in [5.41, 5.74) is 0.268. The van der Waals surface area contributed by atoms with E-state index >= 15 is 0 Å². The zero-order valence-corrected chi connectivity index (χ0v) is 19.6. The van der Waals surface area contributed by atoms with E-state index in [4.69, 9.17) is 0 Å². The third-order valence-corrected chi connectivity index (χ3v) is 11.1. The fourth-order valence-electron chi connectivity index (χ4n) is 8.94. The smallest absolute Gasteiger partial charge is 0.0650 e. The lowest BCUT2D eigenvalue weighted by atomic mass is 9.44. The Bertz CT molecular complexity index is 520. The zero-order chi connectivity index (χ0) is 19.2. The van der Waals surface area contributed by atoms with Gasteiger partial charge in [0, 0.05) is 5.33 Å². The molecule has 4 fully saturated rings. The van der Waals surface area contributed by atoms with Crippen molar-refractivity contribution in [2.24, 2.45) is 46.8 Å². The van der Waals surface area contributed by atoms with Gasteiger partial charge in [0.15, 0.2) is 0 Å². The number of hydrogen-bond donors (Lipinski definition) is 1. The number of fused-ring (bicyclic) bond motifs is 5. The highest BCUT2D eigenvalue weighted by Gasteiger charge is 2.56. The van der Waals surface area contributed by atoms with Crippen molar-refractivity contribution in [2.75, 3.05) is 5.33 Å². The molecule has 4 saturated carbocycles. The van der Waals surface area contributed by atoms with Gasteiger partial charge in [-0.25, -0.2) is 0 Å². The second-order valence-electron chi connectivity index (χ2n) is 11.4. The van der Waals surface area contributed by atoms with Crippen LogP contribution in [0.15, 0.2) is 0 Å². The van der Waals surface area contributed by atoms with Crippen LogP contribution >= 0.6 is 15.9 Å². The van der Waals surface area contributed by atoms with Gasteiger partial charge in [0.1, 0.15) is 0 Å². The molecule has 4 aliphatic rings. The standard InChI is InChI=1S/C25H43BrO/c1-4-12-25(27)14-11-19-18(15-25)8-9-21-20(19)10-13-24(3)22(17(2)16-26)6-5-7-23(21)24/h17-23,27H,4-16H2,1-3H3/t17-,18-,19-,20+,21+,22+,23-,24+,25+/m0/s1. The Morgan fingerprint density at radius 3 is 2.52 bits per heavy atom. The SMILES string of the molecule is CCC[C@@]1(O)CC[C@H]2[C@@H](CC[C@@H]3[C@@H]2CC[C@]2(C)[C@@H]([C@@H](C)CBr)CCC[C@@H]32)C1. The zero-order valence-electron chi connectivity index (χ0n) is 18.1. The summed E-state index contributed by atoms with van der Waals surface area (Å²) in [6.07, 6.45) is 15.9. The minimum absolute atomic E-state index is 0.326. The van der Waals surface area contributed by atoms with E-state index in [-0.39, 0.29) is 5.60 Å². The molecule has 0 saturated heterocycles. The molecule has 0 aromatic heterocycles. The predicted octanol–water partition coefficient (Wildman–Crippen LogP) is 7.21. The number of aliphatic hydroxyl groups is 1. The van der Waals surface area contributed by atoms with E-state index in [1.807, 2.05) is 0 Å². The van der Waals surface area contributed by atoms with Crippen molar-refractivity contribution < 1.29 is 5.11 Å². The molecule has 0 unspecified atom stereocenters.